The molecule has 0 spiro atoms. The van der Waals surface area contributed by atoms with E-state index >= 15 is 0 Å². The minimum Gasteiger partial charge on any atom is -0.367 e. The minimum atomic E-state index is 0.358. The van der Waals surface area contributed by atoms with Crippen LogP contribution in [0.5, 0.6) is 0 Å². The second-order valence-electron chi connectivity index (χ2n) is 3.50. The van der Waals surface area contributed by atoms with Crippen LogP contribution in [0.3, 0.4) is 0 Å². The quantitative estimate of drug-likeness (QED) is 0.616. The Balaban J connectivity index is 2.14. The van der Waals surface area contributed by atoms with E-state index in [1.807, 2.05) is 0 Å². The highest BCUT2D eigenvalue weighted by Gasteiger charge is 2.17. The Morgan fingerprint density at radius 2 is 2.29 bits per heavy atom. The molecule has 2 rings (SSSR count). The molecule has 0 saturated heterocycles. The molecule has 1 aromatic heterocycles. The molecule has 0 unspecified atom stereocenters. The van der Waals surface area contributed by atoms with Crippen LogP contribution in [0.4, 0.5) is 5.82 Å². The number of hydrogen-bond acceptors (Lipinski definition) is 3. The monoisotopic (exact) mass is 210 g/mol. The molecule has 74 valence electrons. The molecule has 4 heteroatoms. The van der Waals surface area contributed by atoms with Crippen molar-refractivity contribution in [3.63, 3.8) is 0 Å². The largest absolute Gasteiger partial charge is 0.367 e. The highest BCUT2D eigenvalue weighted by atomic mass is 35.5. The first-order valence-electron chi connectivity index (χ1n) is 4.67. The highest BCUT2D eigenvalue weighted by Crippen LogP contribution is 2.23. The number of aromatic nitrogens is 1. The van der Waals surface area contributed by atoms with E-state index in [9.17, 15) is 4.79 Å². The first-order valence-corrected chi connectivity index (χ1v) is 5.05. The van der Waals surface area contributed by atoms with Crippen LogP contribution in [0, 0.1) is 0 Å². The maximum absolute atomic E-state index is 10.6. The summed E-state index contributed by atoms with van der Waals surface area (Å²) in [6.45, 7) is 0. The summed E-state index contributed by atoms with van der Waals surface area (Å²) >= 11 is 5.76. The molecule has 0 aliphatic heterocycles. The van der Waals surface area contributed by atoms with Crippen molar-refractivity contribution in [2.75, 3.05) is 5.32 Å². The fourth-order valence-corrected chi connectivity index (χ4v) is 1.64. The summed E-state index contributed by atoms with van der Waals surface area (Å²) < 4.78 is 0. The normalized spacial score (nSPS) is 16.1. The van der Waals surface area contributed by atoms with Gasteiger partial charge in [-0.25, -0.2) is 4.98 Å². The molecule has 0 amide bonds. The highest BCUT2D eigenvalue weighted by molar-refractivity contribution is 6.29. The van der Waals surface area contributed by atoms with Crippen LogP contribution < -0.4 is 5.32 Å². The molecule has 1 N–H and O–H groups in total. The zero-order valence-electron chi connectivity index (χ0n) is 7.66. The van der Waals surface area contributed by atoms with Gasteiger partial charge in [0.2, 0.25) is 0 Å². The van der Waals surface area contributed by atoms with Crippen LogP contribution in [-0.4, -0.2) is 17.3 Å². The van der Waals surface area contributed by atoms with Crippen LogP contribution in [0.15, 0.2) is 12.1 Å². The van der Waals surface area contributed by atoms with E-state index in [-0.39, 0.29) is 0 Å². The Hall–Kier alpha value is -1.09. The van der Waals surface area contributed by atoms with Gasteiger partial charge in [0.15, 0.2) is 0 Å². The van der Waals surface area contributed by atoms with Crippen LogP contribution in [0.1, 0.15) is 29.6 Å². The molecule has 1 fully saturated rings. The molecule has 0 atom stereocenters. The van der Waals surface area contributed by atoms with Crippen LogP contribution in [-0.2, 0) is 0 Å². The number of halogens is 1. The van der Waals surface area contributed by atoms with E-state index in [1.165, 1.54) is 19.3 Å². The van der Waals surface area contributed by atoms with E-state index < -0.39 is 0 Å². The van der Waals surface area contributed by atoms with Crippen LogP contribution >= 0.6 is 11.6 Å². The summed E-state index contributed by atoms with van der Waals surface area (Å²) in [5.41, 5.74) is 0.562. The number of nitrogens with zero attached hydrogens (tertiary/aromatic N) is 1. The molecule has 1 aromatic rings. The number of carbonyl (C=O) groups is 1. The second kappa shape index (κ2) is 3.96. The summed E-state index contributed by atoms with van der Waals surface area (Å²) in [5, 5.41) is 3.60. The average Bonchev–Trinajstić information content (AvgIpc) is 2.10. The van der Waals surface area contributed by atoms with Crippen LogP contribution in [0.2, 0.25) is 5.15 Å². The Kier molecular flexibility index (Phi) is 2.68. The van der Waals surface area contributed by atoms with Gasteiger partial charge in [-0.1, -0.05) is 11.6 Å². The number of anilines is 1. The van der Waals surface area contributed by atoms with E-state index in [1.54, 1.807) is 12.1 Å². The molecule has 1 aliphatic rings. The van der Waals surface area contributed by atoms with Crippen molar-refractivity contribution in [2.24, 2.45) is 0 Å². The zero-order chi connectivity index (χ0) is 9.97. The van der Waals surface area contributed by atoms with Crippen molar-refractivity contribution in [1.82, 2.24) is 4.98 Å². The maximum Gasteiger partial charge on any atom is 0.150 e. The van der Waals surface area contributed by atoms with Gasteiger partial charge in [0, 0.05) is 11.6 Å². The van der Waals surface area contributed by atoms with E-state index in [0.717, 1.165) is 6.29 Å². The summed E-state index contributed by atoms with van der Waals surface area (Å²) in [4.78, 5) is 14.7. The van der Waals surface area contributed by atoms with Gasteiger partial charge in [-0.2, -0.15) is 0 Å². The first-order chi connectivity index (χ1) is 6.78. The Morgan fingerprint density at radius 3 is 2.86 bits per heavy atom. The Labute approximate surface area is 87.5 Å². The fraction of sp³-hybridized carbons (Fsp3) is 0.400. The summed E-state index contributed by atoms with van der Waals surface area (Å²) in [6, 6.07) is 3.78. The van der Waals surface area contributed by atoms with Crippen molar-refractivity contribution in [1.29, 1.82) is 0 Å². The van der Waals surface area contributed by atoms with E-state index in [0.29, 0.717) is 22.6 Å². The van der Waals surface area contributed by atoms with Gasteiger partial charge < -0.3 is 5.32 Å². The third-order valence-electron chi connectivity index (χ3n) is 2.41. The molecule has 0 aromatic carbocycles. The second-order valence-corrected chi connectivity index (χ2v) is 3.89. The van der Waals surface area contributed by atoms with Gasteiger partial charge in [-0.15, -0.1) is 0 Å². The van der Waals surface area contributed by atoms with Gasteiger partial charge >= 0.3 is 0 Å². The molecular weight excluding hydrogens is 200 g/mol. The Bertz CT molecular complexity index is 350. The van der Waals surface area contributed by atoms with Gasteiger partial charge in [0.25, 0.3) is 0 Å². The number of hydrogen-bond donors (Lipinski definition) is 1. The average molecular weight is 211 g/mol. The molecule has 0 radical (unpaired) electrons. The number of aldehydes is 1. The van der Waals surface area contributed by atoms with Gasteiger partial charge in [-0.05, 0) is 31.4 Å². The number of carbonyl (C=O) groups excluding carboxylic acids is 1. The smallest absolute Gasteiger partial charge is 0.150 e. The lowest BCUT2D eigenvalue weighted by molar-refractivity contribution is 0.112. The number of rotatable bonds is 3. The molecule has 14 heavy (non-hydrogen) atoms. The van der Waals surface area contributed by atoms with E-state index in [2.05, 4.69) is 10.3 Å². The first kappa shape index (κ1) is 9.46. The third-order valence-corrected chi connectivity index (χ3v) is 2.60. The number of pyridine rings is 1. The molecular formula is C10H11ClN2O. The topological polar surface area (TPSA) is 42.0 Å². The maximum atomic E-state index is 10.6. The molecule has 3 nitrogen and oxygen atoms in total. The molecule has 1 saturated carbocycles. The SMILES string of the molecule is O=Cc1cc(Cl)nc(NC2CCC2)c1. The number of nitrogens with one attached hydrogen (secondary N) is 1. The molecule has 1 aliphatic carbocycles. The predicted molar refractivity (Wildman–Crippen MR) is 55.9 cm³/mol. The van der Waals surface area contributed by atoms with Gasteiger partial charge in [0.1, 0.15) is 17.3 Å². The minimum absolute atomic E-state index is 0.358. The summed E-state index contributed by atoms with van der Waals surface area (Å²) in [5.74, 6) is 0.698. The summed E-state index contributed by atoms with van der Waals surface area (Å²) in [6.07, 6.45) is 4.38. The van der Waals surface area contributed by atoms with Gasteiger partial charge in [0.05, 0.1) is 0 Å². The van der Waals surface area contributed by atoms with Crippen molar-refractivity contribution in [3.8, 4) is 0 Å². The third kappa shape index (κ3) is 2.04. The predicted octanol–water partition coefficient (Wildman–Crippen LogP) is 2.51. The Morgan fingerprint density at radius 1 is 1.50 bits per heavy atom. The van der Waals surface area contributed by atoms with Crippen molar-refractivity contribution < 1.29 is 4.79 Å². The van der Waals surface area contributed by atoms with Crippen molar-refractivity contribution in [2.45, 2.75) is 25.3 Å². The standard InChI is InChI=1S/C10H11ClN2O/c11-9-4-7(6-14)5-10(13-9)12-8-2-1-3-8/h4-6,8H,1-3H2,(H,12,13). The lowest BCUT2D eigenvalue weighted by atomic mass is 9.93. The summed E-state index contributed by atoms with van der Waals surface area (Å²) in [7, 11) is 0. The fourth-order valence-electron chi connectivity index (χ4n) is 1.42. The molecule has 0 bridgehead atoms. The zero-order valence-corrected chi connectivity index (χ0v) is 8.42. The van der Waals surface area contributed by atoms with Crippen molar-refractivity contribution >= 4 is 23.7 Å². The van der Waals surface area contributed by atoms with E-state index in [4.69, 9.17) is 11.6 Å². The van der Waals surface area contributed by atoms with Crippen LogP contribution in [0.25, 0.3) is 0 Å². The van der Waals surface area contributed by atoms with Gasteiger partial charge in [-0.3, -0.25) is 4.79 Å². The molecule has 1 heterocycles. The lowest BCUT2D eigenvalue weighted by Gasteiger charge is -2.26. The lowest BCUT2D eigenvalue weighted by Crippen LogP contribution is -2.27. The van der Waals surface area contributed by atoms with Crippen molar-refractivity contribution in [3.05, 3.63) is 22.8 Å².